The van der Waals surface area contributed by atoms with Crippen LogP contribution in [0.3, 0.4) is 0 Å². The molecule has 0 bridgehead atoms. The van der Waals surface area contributed by atoms with E-state index in [4.69, 9.17) is 9.47 Å². The number of carbonyl (C=O) groups is 2. The van der Waals surface area contributed by atoms with Crippen molar-refractivity contribution in [1.29, 1.82) is 0 Å². The molecule has 0 amide bonds. The van der Waals surface area contributed by atoms with Gasteiger partial charge in [0.2, 0.25) is 0 Å². The average Bonchev–Trinajstić information content (AvgIpc) is 2.77. The number of hydrogen-bond donors (Lipinski definition) is 0. The maximum atomic E-state index is 13.1. The van der Waals surface area contributed by atoms with Crippen molar-refractivity contribution in [1.82, 2.24) is 4.98 Å². The number of allylic oxidation sites excluding steroid dienone is 2. The summed E-state index contributed by atoms with van der Waals surface area (Å²) in [5.74, 6) is -0.624. The number of esters is 1. The van der Waals surface area contributed by atoms with Gasteiger partial charge in [-0.2, -0.15) is 0 Å². The number of rotatable bonds is 6. The van der Waals surface area contributed by atoms with E-state index in [0.29, 0.717) is 17.7 Å². The van der Waals surface area contributed by atoms with Gasteiger partial charge in [-0.15, -0.1) is 0 Å². The molecule has 0 fully saturated rings. The lowest BCUT2D eigenvalue weighted by Gasteiger charge is -2.34. The molecule has 2 aromatic rings. The maximum absolute atomic E-state index is 13.1. The average molecular weight is 404 g/mol. The Labute approximate surface area is 175 Å². The number of nitrogens with zero attached hydrogens (tertiary/aromatic N) is 2. The second-order valence-corrected chi connectivity index (χ2v) is 7.46. The molecular formula is C24H24N2O4. The Morgan fingerprint density at radius 3 is 2.60 bits per heavy atom. The Hall–Kier alpha value is -3.28. The number of para-hydroxylation sites is 1. The first-order valence-corrected chi connectivity index (χ1v) is 10.2. The molecule has 1 aromatic carbocycles. The smallest absolute Gasteiger partial charge is 0.315 e. The van der Waals surface area contributed by atoms with Crippen LogP contribution in [-0.4, -0.2) is 35.7 Å². The molecule has 1 unspecified atom stereocenters. The highest BCUT2D eigenvalue weighted by molar-refractivity contribution is 6.08. The van der Waals surface area contributed by atoms with Gasteiger partial charge in [-0.05, 0) is 49.6 Å². The first kappa shape index (κ1) is 20.0. The fourth-order valence-corrected chi connectivity index (χ4v) is 4.15. The van der Waals surface area contributed by atoms with Crippen LogP contribution < -0.4 is 4.74 Å². The van der Waals surface area contributed by atoms with E-state index in [2.05, 4.69) is 9.98 Å². The molecule has 30 heavy (non-hydrogen) atoms. The van der Waals surface area contributed by atoms with Crippen molar-refractivity contribution in [3.8, 4) is 5.75 Å². The zero-order valence-corrected chi connectivity index (χ0v) is 16.9. The van der Waals surface area contributed by atoms with E-state index in [9.17, 15) is 9.59 Å². The molecule has 6 heteroatoms. The minimum absolute atomic E-state index is 0.0690. The second kappa shape index (κ2) is 9.03. The quantitative estimate of drug-likeness (QED) is 0.539. The summed E-state index contributed by atoms with van der Waals surface area (Å²) in [6, 6.07) is 13.1. The number of Topliss-reactive ketones (excluding diaryl/α,β-unsaturated/α-hetero) is 1. The molecule has 6 nitrogen and oxygen atoms in total. The normalized spacial score (nSPS) is 21.0. The molecule has 0 radical (unpaired) electrons. The molecule has 2 aliphatic rings. The highest BCUT2D eigenvalue weighted by atomic mass is 16.6. The predicted octanol–water partition coefficient (Wildman–Crippen LogP) is 3.89. The monoisotopic (exact) mass is 404 g/mol. The molecule has 0 saturated carbocycles. The van der Waals surface area contributed by atoms with Gasteiger partial charge in [0, 0.05) is 41.7 Å². The van der Waals surface area contributed by atoms with Gasteiger partial charge in [-0.3, -0.25) is 19.6 Å². The molecule has 0 saturated heterocycles. The summed E-state index contributed by atoms with van der Waals surface area (Å²) in [7, 11) is 0. The number of benzene rings is 1. The Bertz CT molecular complexity index is 983. The van der Waals surface area contributed by atoms with Gasteiger partial charge in [-0.1, -0.05) is 18.2 Å². The SMILES string of the molecule is CC1=NC2=C(C(=O)CCC2)[C@H](c2ccncc2)C1C(=O)OCCOc1ccccc1. The van der Waals surface area contributed by atoms with Crippen molar-refractivity contribution in [2.24, 2.45) is 10.9 Å². The van der Waals surface area contributed by atoms with Gasteiger partial charge in [0.05, 0.1) is 0 Å². The molecule has 1 aromatic heterocycles. The number of ether oxygens (including phenoxy) is 2. The van der Waals surface area contributed by atoms with Crippen molar-refractivity contribution in [3.05, 3.63) is 71.7 Å². The third-order valence-corrected chi connectivity index (χ3v) is 5.49. The minimum Gasteiger partial charge on any atom is -0.490 e. The van der Waals surface area contributed by atoms with Crippen LogP contribution in [0.4, 0.5) is 0 Å². The van der Waals surface area contributed by atoms with Gasteiger partial charge in [-0.25, -0.2) is 0 Å². The van der Waals surface area contributed by atoms with Crippen LogP contribution in [0.15, 0.2) is 71.1 Å². The van der Waals surface area contributed by atoms with E-state index in [1.54, 1.807) is 12.4 Å². The van der Waals surface area contributed by atoms with Gasteiger partial charge in [0.25, 0.3) is 0 Å². The lowest BCUT2D eigenvalue weighted by molar-refractivity contribution is -0.147. The molecule has 154 valence electrons. The van der Waals surface area contributed by atoms with Crippen LogP contribution in [0.25, 0.3) is 0 Å². The number of carbonyl (C=O) groups excluding carboxylic acids is 2. The molecular weight excluding hydrogens is 380 g/mol. The summed E-state index contributed by atoms with van der Waals surface area (Å²) in [6.45, 7) is 2.22. The second-order valence-electron chi connectivity index (χ2n) is 7.46. The van der Waals surface area contributed by atoms with E-state index >= 15 is 0 Å². The Morgan fingerprint density at radius 2 is 1.83 bits per heavy atom. The predicted molar refractivity (Wildman–Crippen MR) is 112 cm³/mol. The van der Waals surface area contributed by atoms with Gasteiger partial charge in [0.15, 0.2) is 5.78 Å². The largest absolute Gasteiger partial charge is 0.490 e. The van der Waals surface area contributed by atoms with Crippen LogP contribution in [-0.2, 0) is 14.3 Å². The summed E-state index contributed by atoms with van der Waals surface area (Å²) in [5, 5.41) is 0. The molecule has 2 atom stereocenters. The summed E-state index contributed by atoms with van der Waals surface area (Å²) in [6.07, 6.45) is 5.40. The summed E-state index contributed by atoms with van der Waals surface area (Å²) < 4.78 is 11.2. The first-order valence-electron chi connectivity index (χ1n) is 10.2. The zero-order chi connectivity index (χ0) is 20.9. The van der Waals surface area contributed by atoms with Crippen LogP contribution in [0, 0.1) is 5.92 Å². The van der Waals surface area contributed by atoms with Crippen molar-refractivity contribution in [2.75, 3.05) is 13.2 Å². The van der Waals surface area contributed by atoms with E-state index < -0.39 is 11.8 Å². The Kier molecular flexibility index (Phi) is 6.02. The highest BCUT2D eigenvalue weighted by Gasteiger charge is 2.43. The Balaban J connectivity index is 1.53. The van der Waals surface area contributed by atoms with Crippen LogP contribution in [0.2, 0.25) is 0 Å². The van der Waals surface area contributed by atoms with Crippen molar-refractivity contribution >= 4 is 17.5 Å². The molecule has 1 aliphatic carbocycles. The van der Waals surface area contributed by atoms with Crippen LogP contribution in [0.5, 0.6) is 5.75 Å². The minimum atomic E-state index is -0.634. The number of ketones is 1. The summed E-state index contributed by atoms with van der Waals surface area (Å²) in [5.41, 5.74) is 3.02. The number of pyridine rings is 1. The lowest BCUT2D eigenvalue weighted by atomic mass is 9.72. The van der Waals surface area contributed by atoms with Gasteiger partial charge >= 0.3 is 5.97 Å². The fraction of sp³-hybridized carbons (Fsp3) is 0.333. The lowest BCUT2D eigenvalue weighted by Crippen LogP contribution is -2.37. The van der Waals surface area contributed by atoms with Gasteiger partial charge < -0.3 is 9.47 Å². The van der Waals surface area contributed by atoms with E-state index in [0.717, 1.165) is 29.9 Å². The van der Waals surface area contributed by atoms with Crippen molar-refractivity contribution < 1.29 is 19.1 Å². The Morgan fingerprint density at radius 1 is 1.07 bits per heavy atom. The van der Waals surface area contributed by atoms with Crippen LogP contribution in [0.1, 0.15) is 37.7 Å². The molecule has 0 spiro atoms. The number of aromatic nitrogens is 1. The third-order valence-electron chi connectivity index (χ3n) is 5.49. The third kappa shape index (κ3) is 4.17. The molecule has 1 aliphatic heterocycles. The number of aliphatic imine (C=N–C) groups is 1. The fourth-order valence-electron chi connectivity index (χ4n) is 4.15. The molecule has 4 rings (SSSR count). The zero-order valence-electron chi connectivity index (χ0n) is 16.9. The van der Waals surface area contributed by atoms with Crippen molar-refractivity contribution in [3.63, 3.8) is 0 Å². The van der Waals surface area contributed by atoms with Gasteiger partial charge in [0.1, 0.15) is 24.9 Å². The van der Waals surface area contributed by atoms with Crippen LogP contribution >= 0.6 is 0 Å². The van der Waals surface area contributed by atoms with E-state index in [-0.39, 0.29) is 25.0 Å². The maximum Gasteiger partial charge on any atom is 0.315 e. The summed E-state index contributed by atoms with van der Waals surface area (Å²) in [4.78, 5) is 34.6. The van der Waals surface area contributed by atoms with E-state index in [1.807, 2.05) is 49.4 Å². The summed E-state index contributed by atoms with van der Waals surface area (Å²) >= 11 is 0. The highest BCUT2D eigenvalue weighted by Crippen LogP contribution is 2.43. The molecule has 2 heterocycles. The van der Waals surface area contributed by atoms with Crippen molar-refractivity contribution in [2.45, 2.75) is 32.1 Å². The standard InChI is InChI=1S/C24H24N2O4/c1-16-21(24(28)30-15-14-29-18-6-3-2-4-7-18)22(17-10-12-25-13-11-17)23-19(26-16)8-5-9-20(23)27/h2-4,6-7,10-13,21-22H,5,8-9,14-15H2,1H3/t21?,22-/m1/s1. The molecule has 0 N–H and O–H groups in total. The topological polar surface area (TPSA) is 77.9 Å². The first-order chi connectivity index (χ1) is 14.6. The van der Waals surface area contributed by atoms with E-state index in [1.165, 1.54) is 0 Å². The number of hydrogen-bond acceptors (Lipinski definition) is 6.